The molecule has 1 amide bonds. The lowest BCUT2D eigenvalue weighted by Gasteiger charge is -2.41. The average molecular weight is 424 g/mol. The number of sulfonamides is 1. The van der Waals surface area contributed by atoms with Gasteiger partial charge in [-0.1, -0.05) is 18.2 Å². The second kappa shape index (κ2) is 8.46. The molecule has 0 radical (unpaired) electrons. The molecule has 2 aromatic rings. The predicted molar refractivity (Wildman–Crippen MR) is 103 cm³/mol. The van der Waals surface area contributed by atoms with Gasteiger partial charge in [-0.25, -0.2) is 17.2 Å². The van der Waals surface area contributed by atoms with E-state index in [9.17, 15) is 22.0 Å². The van der Waals surface area contributed by atoms with E-state index in [1.54, 1.807) is 24.3 Å². The first-order chi connectivity index (χ1) is 13.7. The Morgan fingerprint density at radius 3 is 2.55 bits per heavy atom. The zero-order valence-electron chi connectivity index (χ0n) is 15.7. The number of halogens is 2. The molecule has 1 aliphatic rings. The molecule has 29 heavy (non-hydrogen) atoms. The van der Waals surface area contributed by atoms with Crippen molar-refractivity contribution >= 4 is 15.9 Å². The number of carbonyl (C=O) groups is 1. The van der Waals surface area contributed by atoms with Gasteiger partial charge in [0.2, 0.25) is 15.9 Å². The van der Waals surface area contributed by atoms with Gasteiger partial charge in [0.05, 0.1) is 6.61 Å². The molecule has 6 nitrogen and oxygen atoms in total. The van der Waals surface area contributed by atoms with Crippen molar-refractivity contribution in [2.24, 2.45) is 11.1 Å². The highest BCUT2D eigenvalue weighted by Crippen LogP contribution is 2.37. The van der Waals surface area contributed by atoms with Crippen molar-refractivity contribution in [3.63, 3.8) is 0 Å². The molecule has 9 heteroatoms. The molecule has 2 N–H and O–H groups in total. The molecule has 0 aromatic heterocycles. The van der Waals surface area contributed by atoms with Gasteiger partial charge in [-0.3, -0.25) is 4.79 Å². The van der Waals surface area contributed by atoms with Gasteiger partial charge < -0.3 is 10.5 Å². The van der Waals surface area contributed by atoms with E-state index in [1.807, 2.05) is 6.07 Å². The topological polar surface area (TPSA) is 89.7 Å². The first-order valence-electron chi connectivity index (χ1n) is 9.13. The third-order valence-electron chi connectivity index (χ3n) is 4.98. The molecule has 1 fully saturated rings. The van der Waals surface area contributed by atoms with Crippen molar-refractivity contribution in [1.82, 2.24) is 4.31 Å². The number of rotatable bonds is 7. The summed E-state index contributed by atoms with van der Waals surface area (Å²) in [5.74, 6) is -2.01. The minimum absolute atomic E-state index is 0.0536. The molecule has 0 bridgehead atoms. The number of amides is 1. The Morgan fingerprint density at radius 1 is 1.17 bits per heavy atom. The number of primary amides is 1. The molecular formula is C20H22F2N2O4S. The highest BCUT2D eigenvalue weighted by molar-refractivity contribution is 7.89. The van der Waals surface area contributed by atoms with Crippen LogP contribution in [0.1, 0.15) is 19.3 Å². The van der Waals surface area contributed by atoms with Crippen molar-refractivity contribution in [1.29, 1.82) is 0 Å². The third kappa shape index (κ3) is 4.91. The molecular weight excluding hydrogens is 402 g/mol. The van der Waals surface area contributed by atoms with Crippen LogP contribution < -0.4 is 10.5 Å². The fourth-order valence-electron chi connectivity index (χ4n) is 3.63. The highest BCUT2D eigenvalue weighted by atomic mass is 32.2. The number of carbonyl (C=O) groups excluding carboxylic acids is 1. The maximum Gasteiger partial charge on any atom is 0.246 e. The lowest BCUT2D eigenvalue weighted by Crippen LogP contribution is -2.50. The van der Waals surface area contributed by atoms with Crippen LogP contribution in [-0.2, 0) is 14.8 Å². The summed E-state index contributed by atoms with van der Waals surface area (Å²) in [4.78, 5) is 11.1. The van der Waals surface area contributed by atoms with E-state index in [0.717, 1.165) is 16.4 Å². The first-order valence-corrected chi connectivity index (χ1v) is 10.6. The molecule has 2 aromatic carbocycles. The van der Waals surface area contributed by atoms with Crippen LogP contribution in [0.25, 0.3) is 0 Å². The molecule has 1 atom stereocenters. The van der Waals surface area contributed by atoms with Gasteiger partial charge in [0.15, 0.2) is 0 Å². The summed E-state index contributed by atoms with van der Waals surface area (Å²) in [6.45, 7) is 0.185. The number of piperidine rings is 1. The summed E-state index contributed by atoms with van der Waals surface area (Å²) in [7, 11) is -4.22. The number of benzene rings is 2. The lowest BCUT2D eigenvalue weighted by molar-refractivity contribution is -0.121. The number of nitrogens with two attached hydrogens (primary N) is 1. The van der Waals surface area contributed by atoms with Crippen LogP contribution in [0.4, 0.5) is 8.78 Å². The minimum atomic E-state index is -4.22. The third-order valence-corrected chi connectivity index (χ3v) is 6.85. The Labute approximate surface area is 168 Å². The Morgan fingerprint density at radius 2 is 1.90 bits per heavy atom. The number of ether oxygens (including phenoxy) is 1. The van der Waals surface area contributed by atoms with Gasteiger partial charge in [-0.2, -0.15) is 4.31 Å². The molecule has 156 valence electrons. The minimum Gasteiger partial charge on any atom is -0.493 e. The fraction of sp³-hybridized carbons (Fsp3) is 0.350. The Balaban J connectivity index is 1.86. The van der Waals surface area contributed by atoms with Crippen LogP contribution in [-0.4, -0.2) is 38.3 Å². The second-order valence-electron chi connectivity index (χ2n) is 7.26. The van der Waals surface area contributed by atoms with Crippen molar-refractivity contribution in [3.8, 4) is 5.75 Å². The lowest BCUT2D eigenvalue weighted by atomic mass is 9.78. The zero-order chi connectivity index (χ0) is 21.1. The van der Waals surface area contributed by atoms with E-state index in [0.29, 0.717) is 24.7 Å². The molecule has 0 unspecified atom stereocenters. The Hall–Kier alpha value is -2.52. The van der Waals surface area contributed by atoms with Crippen LogP contribution in [0, 0.1) is 17.0 Å². The van der Waals surface area contributed by atoms with Gasteiger partial charge in [-0.15, -0.1) is 0 Å². The van der Waals surface area contributed by atoms with Gasteiger partial charge in [0, 0.05) is 31.0 Å². The van der Waals surface area contributed by atoms with Crippen LogP contribution >= 0.6 is 0 Å². The number of hydrogen-bond acceptors (Lipinski definition) is 4. The zero-order valence-corrected chi connectivity index (χ0v) is 16.5. The van der Waals surface area contributed by atoms with Crippen LogP contribution in [0.3, 0.4) is 0 Å². The largest absolute Gasteiger partial charge is 0.493 e. The number of para-hydroxylation sites is 1. The van der Waals surface area contributed by atoms with Gasteiger partial charge in [-0.05, 0) is 37.1 Å². The molecule has 1 aliphatic heterocycles. The van der Waals surface area contributed by atoms with Crippen molar-refractivity contribution in [3.05, 3.63) is 60.2 Å². The molecule has 1 heterocycles. The smallest absolute Gasteiger partial charge is 0.246 e. The summed E-state index contributed by atoms with van der Waals surface area (Å²) in [5.41, 5.74) is 4.58. The maximum atomic E-state index is 14.1. The van der Waals surface area contributed by atoms with E-state index in [1.165, 1.54) is 0 Å². The quantitative estimate of drug-likeness (QED) is 0.740. The maximum absolute atomic E-state index is 14.1. The molecule has 1 saturated heterocycles. The van der Waals surface area contributed by atoms with Crippen LogP contribution in [0.2, 0.25) is 0 Å². The van der Waals surface area contributed by atoms with Crippen molar-refractivity contribution < 1.29 is 26.7 Å². The summed E-state index contributed by atoms with van der Waals surface area (Å²) >= 11 is 0. The Kier molecular flexibility index (Phi) is 6.18. The normalized spacial score (nSPS) is 20.3. The summed E-state index contributed by atoms with van der Waals surface area (Å²) < 4.78 is 60.2. The average Bonchev–Trinajstić information content (AvgIpc) is 2.67. The van der Waals surface area contributed by atoms with Gasteiger partial charge in [0.25, 0.3) is 0 Å². The van der Waals surface area contributed by atoms with E-state index in [4.69, 9.17) is 10.5 Å². The SMILES string of the molecule is NC(=O)C[C@]1(COc2ccccc2)CCCN(S(=O)(=O)c2ccc(F)cc2F)C1. The van der Waals surface area contributed by atoms with Crippen molar-refractivity contribution in [2.75, 3.05) is 19.7 Å². The molecule has 0 aliphatic carbocycles. The van der Waals surface area contributed by atoms with E-state index >= 15 is 0 Å². The van der Waals surface area contributed by atoms with E-state index < -0.39 is 37.9 Å². The molecule has 3 rings (SSSR count). The standard InChI is InChI=1S/C20H22F2N2O4S/c21-15-7-8-18(17(22)11-15)29(26,27)24-10-4-9-20(13-24,12-19(23)25)14-28-16-5-2-1-3-6-16/h1-3,5-8,11H,4,9-10,12-14H2,(H2,23,25)/t20-/m1/s1. The van der Waals surface area contributed by atoms with E-state index in [2.05, 4.69) is 0 Å². The van der Waals surface area contributed by atoms with Crippen LogP contribution in [0.5, 0.6) is 5.75 Å². The van der Waals surface area contributed by atoms with Crippen molar-refractivity contribution in [2.45, 2.75) is 24.2 Å². The Bertz CT molecular complexity index is 985. The summed E-state index contributed by atoms with van der Waals surface area (Å²) in [6, 6.07) is 11.3. The van der Waals surface area contributed by atoms with Gasteiger partial charge >= 0.3 is 0 Å². The number of nitrogens with zero attached hydrogens (tertiary/aromatic N) is 1. The first kappa shape index (κ1) is 21.2. The fourth-order valence-corrected chi connectivity index (χ4v) is 5.26. The van der Waals surface area contributed by atoms with Crippen LogP contribution in [0.15, 0.2) is 53.4 Å². The monoisotopic (exact) mass is 424 g/mol. The molecule has 0 spiro atoms. The summed E-state index contributed by atoms with van der Waals surface area (Å²) in [6.07, 6.45) is 0.909. The van der Waals surface area contributed by atoms with E-state index in [-0.39, 0.29) is 26.1 Å². The second-order valence-corrected chi connectivity index (χ2v) is 9.17. The predicted octanol–water partition coefficient (Wildman–Crippen LogP) is 2.69. The number of hydrogen-bond donors (Lipinski definition) is 1. The highest BCUT2D eigenvalue weighted by Gasteiger charge is 2.42. The summed E-state index contributed by atoms with van der Waals surface area (Å²) in [5, 5.41) is 0. The van der Waals surface area contributed by atoms with Gasteiger partial charge in [0.1, 0.15) is 22.3 Å². The molecule has 0 saturated carbocycles.